The lowest BCUT2D eigenvalue weighted by atomic mass is 10.1. The number of carboxylic acids is 1. The van der Waals surface area contributed by atoms with Crippen molar-refractivity contribution in [3.05, 3.63) is 23.8 Å². The third-order valence-electron chi connectivity index (χ3n) is 2.89. The second-order valence-corrected chi connectivity index (χ2v) is 4.04. The van der Waals surface area contributed by atoms with E-state index in [-0.39, 0.29) is 6.42 Å². The van der Waals surface area contributed by atoms with Crippen molar-refractivity contribution in [3.8, 4) is 0 Å². The van der Waals surface area contributed by atoms with Crippen molar-refractivity contribution in [2.75, 3.05) is 0 Å². The largest absolute Gasteiger partial charge is 0.481 e. The Balaban J connectivity index is 2.15. The van der Waals surface area contributed by atoms with Crippen LogP contribution in [0.3, 0.4) is 0 Å². The van der Waals surface area contributed by atoms with Crippen molar-refractivity contribution in [1.29, 1.82) is 0 Å². The Hall–Kier alpha value is -1.65. The molecule has 0 unspecified atom stereocenters. The maximum atomic E-state index is 10.6. The van der Waals surface area contributed by atoms with E-state index in [4.69, 9.17) is 5.11 Å². The predicted molar refractivity (Wildman–Crippen MR) is 58.1 cm³/mol. The summed E-state index contributed by atoms with van der Waals surface area (Å²) in [5, 5.41) is 16.9. The lowest BCUT2D eigenvalue weighted by Gasteiger charge is -2.11. The molecule has 1 heterocycles. The van der Waals surface area contributed by atoms with Gasteiger partial charge in [-0.1, -0.05) is 12.2 Å². The van der Waals surface area contributed by atoms with Crippen LogP contribution >= 0.6 is 0 Å². The Morgan fingerprint density at radius 2 is 2.19 bits per heavy atom. The molecule has 1 aromatic heterocycles. The Morgan fingerprint density at radius 3 is 2.81 bits per heavy atom. The van der Waals surface area contributed by atoms with Crippen LogP contribution in [0, 0.1) is 6.92 Å². The van der Waals surface area contributed by atoms with Crippen molar-refractivity contribution in [2.24, 2.45) is 0 Å². The van der Waals surface area contributed by atoms with Crippen molar-refractivity contribution < 1.29 is 9.90 Å². The van der Waals surface area contributed by atoms with Crippen LogP contribution in [-0.2, 0) is 11.3 Å². The highest BCUT2D eigenvalue weighted by Gasteiger charge is 2.20. The molecule has 1 aromatic rings. The van der Waals surface area contributed by atoms with Gasteiger partial charge < -0.3 is 9.67 Å². The van der Waals surface area contributed by atoms with Crippen LogP contribution < -0.4 is 0 Å². The molecule has 0 aromatic carbocycles. The van der Waals surface area contributed by atoms with Crippen LogP contribution in [0.4, 0.5) is 0 Å². The van der Waals surface area contributed by atoms with Crippen molar-refractivity contribution in [1.82, 2.24) is 14.8 Å². The fourth-order valence-electron chi connectivity index (χ4n) is 2.01. The standard InChI is InChI=1S/C11H15N3O2/c1-8-12-13-11(9-4-2-3-5-9)14(8)7-6-10(15)16/h2-3,9H,4-7H2,1H3,(H,15,16). The van der Waals surface area contributed by atoms with Crippen molar-refractivity contribution in [2.45, 2.75) is 38.6 Å². The maximum Gasteiger partial charge on any atom is 0.305 e. The molecule has 0 fully saturated rings. The van der Waals surface area contributed by atoms with Gasteiger partial charge in [0.1, 0.15) is 11.6 Å². The molecule has 0 spiro atoms. The maximum absolute atomic E-state index is 10.6. The van der Waals surface area contributed by atoms with Gasteiger partial charge in [0.05, 0.1) is 6.42 Å². The number of aromatic nitrogens is 3. The first-order chi connectivity index (χ1) is 7.68. The molecule has 1 aliphatic rings. The zero-order valence-electron chi connectivity index (χ0n) is 9.26. The average molecular weight is 221 g/mol. The average Bonchev–Trinajstić information content (AvgIpc) is 2.83. The van der Waals surface area contributed by atoms with Crippen LogP contribution in [0.1, 0.15) is 36.8 Å². The minimum Gasteiger partial charge on any atom is -0.481 e. The van der Waals surface area contributed by atoms with Crippen LogP contribution in [0.2, 0.25) is 0 Å². The first-order valence-corrected chi connectivity index (χ1v) is 5.45. The zero-order chi connectivity index (χ0) is 11.5. The highest BCUT2D eigenvalue weighted by atomic mass is 16.4. The Bertz CT molecular complexity index is 415. The highest BCUT2D eigenvalue weighted by molar-refractivity contribution is 5.66. The minimum atomic E-state index is -0.788. The van der Waals surface area contributed by atoms with E-state index in [2.05, 4.69) is 22.3 Å². The molecule has 0 saturated carbocycles. The van der Waals surface area contributed by atoms with Gasteiger partial charge in [-0.05, 0) is 19.8 Å². The third kappa shape index (κ3) is 2.13. The molecule has 0 bridgehead atoms. The van der Waals surface area contributed by atoms with E-state index in [0.29, 0.717) is 12.5 Å². The Kier molecular flexibility index (Phi) is 3.03. The number of aryl methyl sites for hydroxylation is 1. The molecule has 5 nitrogen and oxygen atoms in total. The Morgan fingerprint density at radius 1 is 1.50 bits per heavy atom. The van der Waals surface area contributed by atoms with Crippen molar-refractivity contribution >= 4 is 5.97 Å². The quantitative estimate of drug-likeness (QED) is 0.782. The summed E-state index contributed by atoms with van der Waals surface area (Å²) in [7, 11) is 0. The first kappa shape index (κ1) is 10.9. The Labute approximate surface area is 93.8 Å². The normalized spacial score (nSPS) is 15.8. The fourth-order valence-corrected chi connectivity index (χ4v) is 2.01. The molecular weight excluding hydrogens is 206 g/mol. The van der Waals surface area contributed by atoms with Crippen LogP contribution in [0.15, 0.2) is 12.2 Å². The van der Waals surface area contributed by atoms with Crippen LogP contribution in [0.5, 0.6) is 0 Å². The molecule has 5 heteroatoms. The van der Waals surface area contributed by atoms with Crippen molar-refractivity contribution in [3.63, 3.8) is 0 Å². The van der Waals surface area contributed by atoms with Gasteiger partial charge in [-0.25, -0.2) is 0 Å². The molecule has 86 valence electrons. The van der Waals surface area contributed by atoms with Crippen LogP contribution in [-0.4, -0.2) is 25.8 Å². The highest BCUT2D eigenvalue weighted by Crippen LogP contribution is 2.28. The van der Waals surface area contributed by atoms with Gasteiger partial charge in [0.25, 0.3) is 0 Å². The molecular formula is C11H15N3O2. The monoisotopic (exact) mass is 221 g/mol. The number of carboxylic acid groups (broad SMARTS) is 1. The van der Waals surface area contributed by atoms with Crippen LogP contribution in [0.25, 0.3) is 0 Å². The molecule has 0 saturated heterocycles. The van der Waals surface area contributed by atoms with E-state index in [1.807, 2.05) is 11.5 Å². The number of hydrogen-bond acceptors (Lipinski definition) is 3. The zero-order valence-corrected chi connectivity index (χ0v) is 9.26. The first-order valence-electron chi connectivity index (χ1n) is 5.45. The van der Waals surface area contributed by atoms with E-state index < -0.39 is 5.97 Å². The molecule has 1 N–H and O–H groups in total. The minimum absolute atomic E-state index is 0.117. The van der Waals surface area contributed by atoms with Gasteiger partial charge in [0.2, 0.25) is 0 Å². The topological polar surface area (TPSA) is 68.0 Å². The number of hydrogen-bond donors (Lipinski definition) is 1. The summed E-state index contributed by atoms with van der Waals surface area (Å²) in [5.41, 5.74) is 0. The fraction of sp³-hybridized carbons (Fsp3) is 0.545. The molecule has 16 heavy (non-hydrogen) atoms. The molecule has 1 aliphatic carbocycles. The van der Waals surface area contributed by atoms with Gasteiger partial charge in [-0.2, -0.15) is 0 Å². The number of rotatable bonds is 4. The summed E-state index contributed by atoms with van der Waals surface area (Å²) in [6.07, 6.45) is 6.34. The molecule has 0 atom stereocenters. The summed E-state index contributed by atoms with van der Waals surface area (Å²) in [5.74, 6) is 1.30. The van der Waals surface area contributed by atoms with E-state index in [1.165, 1.54) is 0 Å². The van der Waals surface area contributed by atoms with Gasteiger partial charge in [-0.15, -0.1) is 10.2 Å². The third-order valence-corrected chi connectivity index (χ3v) is 2.89. The molecule has 0 aliphatic heterocycles. The van der Waals surface area contributed by atoms with E-state index in [1.54, 1.807) is 0 Å². The summed E-state index contributed by atoms with van der Waals surface area (Å²) < 4.78 is 1.92. The number of carbonyl (C=O) groups is 1. The molecule has 0 radical (unpaired) electrons. The summed E-state index contributed by atoms with van der Waals surface area (Å²) >= 11 is 0. The summed E-state index contributed by atoms with van der Waals surface area (Å²) in [6, 6.07) is 0. The summed E-state index contributed by atoms with van der Waals surface area (Å²) in [4.78, 5) is 10.6. The van der Waals surface area contributed by atoms with E-state index >= 15 is 0 Å². The lowest BCUT2D eigenvalue weighted by Crippen LogP contribution is -2.11. The lowest BCUT2D eigenvalue weighted by molar-refractivity contribution is -0.137. The van der Waals surface area contributed by atoms with Gasteiger partial charge in [0, 0.05) is 12.5 Å². The van der Waals surface area contributed by atoms with Gasteiger partial charge in [-0.3, -0.25) is 4.79 Å². The number of nitrogens with zero attached hydrogens (tertiary/aromatic N) is 3. The molecule has 2 rings (SSSR count). The van der Waals surface area contributed by atoms with E-state index in [9.17, 15) is 4.79 Å². The predicted octanol–water partition coefficient (Wildman–Crippen LogP) is 1.49. The molecule has 0 amide bonds. The van der Waals surface area contributed by atoms with Gasteiger partial charge in [0.15, 0.2) is 0 Å². The number of allylic oxidation sites excluding steroid dienone is 2. The van der Waals surface area contributed by atoms with E-state index in [0.717, 1.165) is 24.5 Å². The second kappa shape index (κ2) is 4.47. The number of aliphatic carboxylic acids is 1. The summed E-state index contributed by atoms with van der Waals surface area (Å²) in [6.45, 7) is 2.32. The van der Waals surface area contributed by atoms with Gasteiger partial charge >= 0.3 is 5.97 Å². The smallest absolute Gasteiger partial charge is 0.305 e. The SMILES string of the molecule is Cc1nnc(C2CC=CC2)n1CCC(=O)O. The second-order valence-electron chi connectivity index (χ2n) is 4.04.